The Balaban J connectivity index is 2.50. The fraction of sp³-hybridized carbons (Fsp3) is 0.708. The molecule has 0 radical (unpaired) electrons. The lowest BCUT2D eigenvalue weighted by atomic mass is 9.79. The van der Waals surface area contributed by atoms with Crippen molar-refractivity contribution in [3.8, 4) is 11.5 Å². The number of nitrogens with zero attached hydrogens (tertiary/aromatic N) is 1. The standard InChI is InChI=1S/C24H38N2O4/c1-14(2)9-17-13-26-8-7-16-10-21(28-5)22(29-6)11-18(16)19(26)12-20(17)30-24(27)23(25)15(3)4/h10-11,14-15,17,19-20,23H,7-9,12-13,25H2,1-6H3/t17?,19?,20?,23-/m0/s1/i3D3,4D3,5D3,10D,11D,12D2,13D2,15D,17D,19D,20D,23D. The molecular weight excluding hydrogens is 380 g/mol. The number of rotatable bonds is 7. The minimum Gasteiger partial charge on any atom is -0.493 e. The van der Waals surface area contributed by atoms with Crippen LogP contribution in [0.25, 0.3) is 0 Å². The summed E-state index contributed by atoms with van der Waals surface area (Å²) in [5, 5.41) is 0. The molecule has 2 N–H and O–H groups in total. The number of hydrogen-bond acceptors (Lipinski definition) is 6. The quantitative estimate of drug-likeness (QED) is 0.656. The number of esters is 1. The number of methoxy groups -OCH3 is 2. The zero-order valence-electron chi connectivity index (χ0n) is 36.9. The zero-order valence-corrected chi connectivity index (χ0v) is 16.9. The maximum Gasteiger partial charge on any atom is 0.323 e. The van der Waals surface area contributed by atoms with Crippen molar-refractivity contribution < 1.29 is 46.4 Å². The van der Waals surface area contributed by atoms with Crippen molar-refractivity contribution in [2.75, 3.05) is 27.2 Å². The van der Waals surface area contributed by atoms with Gasteiger partial charge in [-0.2, -0.15) is 0 Å². The highest BCUT2D eigenvalue weighted by Crippen LogP contribution is 2.44. The molecule has 0 saturated carbocycles. The van der Waals surface area contributed by atoms with Gasteiger partial charge < -0.3 is 19.9 Å². The average Bonchev–Trinajstić information content (AvgIpc) is 2.91. The topological polar surface area (TPSA) is 74.0 Å². The molecule has 2 aliphatic rings. The molecule has 2 heterocycles. The number of carbonyl (C=O) groups is 1. The predicted molar refractivity (Wildman–Crippen MR) is 118 cm³/mol. The molecule has 0 aliphatic carbocycles. The molecule has 0 spiro atoms. The van der Waals surface area contributed by atoms with Crippen LogP contribution in [0, 0.1) is 17.7 Å². The molecule has 4 atom stereocenters. The van der Waals surface area contributed by atoms with E-state index in [0.29, 0.717) is 4.90 Å². The highest BCUT2D eigenvalue weighted by molar-refractivity contribution is 5.76. The van der Waals surface area contributed by atoms with Crippen LogP contribution in [0.4, 0.5) is 0 Å². The summed E-state index contributed by atoms with van der Waals surface area (Å²) in [6, 6.07) is -9.39. The predicted octanol–water partition coefficient (Wildman–Crippen LogP) is 3.56. The molecule has 1 aromatic rings. The molecule has 30 heavy (non-hydrogen) atoms. The van der Waals surface area contributed by atoms with Gasteiger partial charge in [0.2, 0.25) is 0 Å². The van der Waals surface area contributed by atoms with Crippen LogP contribution in [-0.4, -0.2) is 50.2 Å². The average molecular weight is 439 g/mol. The van der Waals surface area contributed by atoms with Crippen molar-refractivity contribution >= 4 is 5.97 Å². The minimum absolute atomic E-state index is 0.417. The number of benzene rings is 1. The summed E-state index contributed by atoms with van der Waals surface area (Å²) < 4.78 is 183. The van der Waals surface area contributed by atoms with Gasteiger partial charge in [-0.1, -0.05) is 27.6 Å². The third kappa shape index (κ3) is 4.75. The first-order valence-corrected chi connectivity index (χ1v) is 9.21. The second-order valence-corrected chi connectivity index (χ2v) is 7.14. The maximum absolute atomic E-state index is 13.8. The Kier molecular flexibility index (Phi) is 2.64. The van der Waals surface area contributed by atoms with E-state index in [1.807, 2.05) is 0 Å². The van der Waals surface area contributed by atoms with Gasteiger partial charge in [-0.05, 0) is 47.9 Å². The molecule has 3 rings (SSSR count). The zero-order chi connectivity index (χ0) is 39.4. The third-order valence-electron chi connectivity index (χ3n) is 4.48. The largest absolute Gasteiger partial charge is 0.493 e. The van der Waals surface area contributed by atoms with E-state index in [2.05, 4.69) is 0 Å². The SMILES string of the molecule is [2H]c1c2c(c([2H])c(OC)c1OC([2H])([2H])[2H])C1([2H])N(CC2)C([2H])([2H])C([2H])(CC(C)C)C([2H])(OC(=O)[C@@]([2H])(N)C([2H])(C([2H])([2H])[2H])C([2H])([2H])[2H])C1([2H])[2H]. The van der Waals surface area contributed by atoms with Gasteiger partial charge in [-0.15, -0.1) is 0 Å². The Hall–Kier alpha value is -1.79. The normalized spacial score (nSPS) is 48.0. The molecule has 6 nitrogen and oxygen atoms in total. The first-order chi connectivity index (χ1) is 22.0. The lowest BCUT2D eigenvalue weighted by Crippen LogP contribution is -2.51. The monoisotopic (exact) mass is 438 g/mol. The highest BCUT2D eigenvalue weighted by atomic mass is 16.5. The fourth-order valence-electron chi connectivity index (χ4n) is 3.10. The highest BCUT2D eigenvalue weighted by Gasteiger charge is 2.41. The number of hydrogen-bond donors (Lipinski definition) is 1. The van der Waals surface area contributed by atoms with E-state index in [-0.39, 0.29) is 0 Å². The van der Waals surface area contributed by atoms with E-state index >= 15 is 0 Å². The Labute approximate surface area is 209 Å². The Bertz CT molecular complexity index is 1510. The van der Waals surface area contributed by atoms with Gasteiger partial charge in [-0.3, -0.25) is 9.69 Å². The Morgan fingerprint density at radius 2 is 2.20 bits per heavy atom. The van der Waals surface area contributed by atoms with Crippen LogP contribution < -0.4 is 15.2 Å². The second-order valence-electron chi connectivity index (χ2n) is 7.14. The first kappa shape index (κ1) is 8.28. The molecule has 168 valence electrons. The Morgan fingerprint density at radius 3 is 2.87 bits per heavy atom. The summed E-state index contributed by atoms with van der Waals surface area (Å²) in [7, 11) is -2.25. The van der Waals surface area contributed by atoms with Gasteiger partial charge in [0.05, 0.1) is 25.1 Å². The van der Waals surface area contributed by atoms with Crippen molar-refractivity contribution in [2.45, 2.75) is 64.9 Å². The van der Waals surface area contributed by atoms with E-state index in [1.165, 1.54) is 13.8 Å². The molecule has 0 aromatic heterocycles. The summed E-state index contributed by atoms with van der Waals surface area (Å²) in [6.45, 7) is -9.27. The van der Waals surface area contributed by atoms with Crippen LogP contribution in [-0.2, 0) is 16.0 Å². The fourth-order valence-corrected chi connectivity index (χ4v) is 3.10. The van der Waals surface area contributed by atoms with Crippen LogP contribution in [0.5, 0.6) is 11.5 Å². The summed E-state index contributed by atoms with van der Waals surface area (Å²) in [5.74, 6) is -12.4. The van der Waals surface area contributed by atoms with Crippen molar-refractivity contribution in [1.29, 1.82) is 0 Å². The number of fused-ring (bicyclic) bond motifs is 3. The van der Waals surface area contributed by atoms with Gasteiger partial charge in [-0.25, -0.2) is 0 Å². The van der Waals surface area contributed by atoms with E-state index in [0.717, 1.165) is 7.11 Å². The summed E-state index contributed by atoms with van der Waals surface area (Å²) >= 11 is 0. The lowest BCUT2D eigenvalue weighted by Gasteiger charge is -2.47. The van der Waals surface area contributed by atoms with Crippen LogP contribution in [0.1, 0.15) is 84.9 Å². The van der Waals surface area contributed by atoms with E-state index in [9.17, 15) is 14.4 Å². The minimum atomic E-state index is -4.20. The molecule has 2 aliphatic heterocycles. The molecule has 1 fully saturated rings. The van der Waals surface area contributed by atoms with Crippen LogP contribution in [0.2, 0.25) is 0 Å². The maximum atomic E-state index is 13.8. The lowest BCUT2D eigenvalue weighted by molar-refractivity contribution is -0.160. The molecule has 1 aromatic carbocycles. The first-order valence-electron chi connectivity index (χ1n) is 19.2. The van der Waals surface area contributed by atoms with Gasteiger partial charge >= 0.3 is 5.97 Å². The number of piperidine rings is 1. The molecule has 3 unspecified atom stereocenters. The molecular formula is C24H38N2O4. The second kappa shape index (κ2) is 9.56. The van der Waals surface area contributed by atoms with Crippen LogP contribution in [0.3, 0.4) is 0 Å². The third-order valence-corrected chi connectivity index (χ3v) is 4.48. The van der Waals surface area contributed by atoms with E-state index in [4.69, 9.17) is 37.8 Å². The van der Waals surface area contributed by atoms with Crippen LogP contribution >= 0.6 is 0 Å². The van der Waals surface area contributed by atoms with Crippen molar-refractivity contribution in [3.63, 3.8) is 0 Å². The van der Waals surface area contributed by atoms with Gasteiger partial charge in [0.25, 0.3) is 0 Å². The number of ether oxygens (including phenoxy) is 3. The van der Waals surface area contributed by atoms with Crippen LogP contribution in [0.15, 0.2) is 12.1 Å². The van der Waals surface area contributed by atoms with Crippen molar-refractivity contribution in [2.24, 2.45) is 23.4 Å². The van der Waals surface area contributed by atoms with Crippen molar-refractivity contribution in [3.05, 3.63) is 23.2 Å². The van der Waals surface area contributed by atoms with Gasteiger partial charge in [0.15, 0.2) is 11.5 Å². The smallest absolute Gasteiger partial charge is 0.323 e. The van der Waals surface area contributed by atoms with Gasteiger partial charge in [0.1, 0.15) is 12.1 Å². The molecule has 0 amide bonds. The van der Waals surface area contributed by atoms with Crippen molar-refractivity contribution in [1.82, 2.24) is 4.90 Å². The Morgan fingerprint density at radius 1 is 1.43 bits per heavy atom. The molecule has 1 saturated heterocycles. The number of carbonyl (C=O) groups excluding carboxylic acids is 1. The molecule has 0 bridgehead atoms. The summed E-state index contributed by atoms with van der Waals surface area (Å²) in [5.41, 5.74) is 4.38. The summed E-state index contributed by atoms with van der Waals surface area (Å²) in [4.78, 5) is 14.3. The van der Waals surface area contributed by atoms with Gasteiger partial charge in [0, 0.05) is 47.8 Å². The summed E-state index contributed by atoms with van der Waals surface area (Å²) in [6.07, 6.45) is -9.27. The van der Waals surface area contributed by atoms with E-state index < -0.39 is 129 Å². The number of nitrogens with two attached hydrogens (primary N) is 1. The van der Waals surface area contributed by atoms with E-state index in [1.54, 1.807) is 0 Å². The molecule has 6 heteroatoms.